The quantitative estimate of drug-likeness (QED) is 0.592. The number of fused-ring (bicyclic) bond motifs is 1. The van der Waals surface area contributed by atoms with Gasteiger partial charge in [-0.25, -0.2) is 4.79 Å². The predicted molar refractivity (Wildman–Crippen MR) is 41.9 cm³/mol. The average molecular weight is 164 g/mol. The molecule has 2 rings (SSSR count). The summed E-state index contributed by atoms with van der Waals surface area (Å²) in [6.45, 7) is 1.78. The second kappa shape index (κ2) is 2.24. The number of cyclic esters (lactones) is 1. The van der Waals surface area contributed by atoms with Gasteiger partial charge in [0.15, 0.2) is 0 Å². The number of ether oxygens (including phenoxy) is 1. The molecular formula is C9H8O3. The molecular weight excluding hydrogens is 156 g/mol. The van der Waals surface area contributed by atoms with Crippen LogP contribution in [0.25, 0.3) is 0 Å². The van der Waals surface area contributed by atoms with Crippen molar-refractivity contribution in [2.24, 2.45) is 0 Å². The van der Waals surface area contributed by atoms with Crippen molar-refractivity contribution < 1.29 is 14.6 Å². The van der Waals surface area contributed by atoms with Crippen LogP contribution in [0.3, 0.4) is 0 Å². The third kappa shape index (κ3) is 0.863. The predicted octanol–water partition coefficient (Wildman–Crippen LogP) is 1.62. The maximum Gasteiger partial charge on any atom is 0.339 e. The Hall–Kier alpha value is -1.51. The number of carbonyl (C=O) groups excluding carboxylic acids is 1. The number of rotatable bonds is 0. The van der Waals surface area contributed by atoms with Gasteiger partial charge in [-0.1, -0.05) is 0 Å². The summed E-state index contributed by atoms with van der Waals surface area (Å²) in [5.41, 5.74) is 1.32. The van der Waals surface area contributed by atoms with Crippen LogP contribution < -0.4 is 0 Å². The van der Waals surface area contributed by atoms with Crippen LogP contribution in [0.1, 0.15) is 28.9 Å². The molecule has 0 aromatic heterocycles. The van der Waals surface area contributed by atoms with Gasteiger partial charge in [-0.2, -0.15) is 0 Å². The summed E-state index contributed by atoms with van der Waals surface area (Å²) in [7, 11) is 0. The van der Waals surface area contributed by atoms with Crippen LogP contribution in [0.15, 0.2) is 18.2 Å². The first kappa shape index (κ1) is 7.16. The molecule has 0 spiro atoms. The molecule has 62 valence electrons. The minimum atomic E-state index is -0.308. The number of aromatic hydroxyl groups is 1. The first-order valence-electron chi connectivity index (χ1n) is 3.72. The van der Waals surface area contributed by atoms with Gasteiger partial charge in [-0.05, 0) is 25.1 Å². The molecule has 1 unspecified atom stereocenters. The molecule has 0 saturated carbocycles. The number of benzene rings is 1. The molecule has 3 nitrogen and oxygen atoms in total. The molecule has 1 atom stereocenters. The molecule has 1 N–H and O–H groups in total. The minimum Gasteiger partial charge on any atom is -0.508 e. The van der Waals surface area contributed by atoms with Crippen molar-refractivity contribution in [3.63, 3.8) is 0 Å². The molecule has 0 bridgehead atoms. The highest BCUT2D eigenvalue weighted by Gasteiger charge is 2.27. The van der Waals surface area contributed by atoms with Crippen LogP contribution in [0.4, 0.5) is 0 Å². The van der Waals surface area contributed by atoms with E-state index in [1.54, 1.807) is 19.1 Å². The van der Waals surface area contributed by atoms with Crippen molar-refractivity contribution in [1.29, 1.82) is 0 Å². The highest BCUT2D eigenvalue weighted by atomic mass is 16.5. The maximum atomic E-state index is 11.1. The maximum absolute atomic E-state index is 11.1. The highest BCUT2D eigenvalue weighted by molar-refractivity contribution is 5.94. The molecule has 1 heterocycles. The molecule has 0 aliphatic carbocycles. The fourth-order valence-electron chi connectivity index (χ4n) is 1.36. The van der Waals surface area contributed by atoms with E-state index in [4.69, 9.17) is 9.84 Å². The first-order valence-corrected chi connectivity index (χ1v) is 3.72. The van der Waals surface area contributed by atoms with Crippen LogP contribution in [-0.2, 0) is 4.74 Å². The van der Waals surface area contributed by atoms with E-state index in [9.17, 15) is 4.79 Å². The Morgan fingerprint density at radius 2 is 2.25 bits per heavy atom. The molecule has 1 aliphatic rings. The normalized spacial score (nSPS) is 20.4. The summed E-state index contributed by atoms with van der Waals surface area (Å²) < 4.78 is 4.94. The molecule has 1 aromatic rings. The Morgan fingerprint density at radius 1 is 1.50 bits per heavy atom. The standard InChI is InChI=1S/C9H8O3/c1-5-8-4-6(10)2-3-7(8)9(11)12-5/h2-5,10H,1H3. The van der Waals surface area contributed by atoms with E-state index < -0.39 is 0 Å². The van der Waals surface area contributed by atoms with Gasteiger partial charge < -0.3 is 9.84 Å². The van der Waals surface area contributed by atoms with Crippen LogP contribution in [0.5, 0.6) is 5.75 Å². The molecule has 1 aromatic carbocycles. The van der Waals surface area contributed by atoms with Crippen molar-refractivity contribution >= 4 is 5.97 Å². The topological polar surface area (TPSA) is 46.5 Å². The number of esters is 1. The van der Waals surface area contributed by atoms with Gasteiger partial charge >= 0.3 is 5.97 Å². The first-order chi connectivity index (χ1) is 5.68. The summed E-state index contributed by atoms with van der Waals surface area (Å²) in [6, 6.07) is 4.62. The molecule has 12 heavy (non-hydrogen) atoms. The zero-order valence-corrected chi connectivity index (χ0v) is 6.57. The van der Waals surface area contributed by atoms with Crippen molar-refractivity contribution in [2.75, 3.05) is 0 Å². The smallest absolute Gasteiger partial charge is 0.339 e. The van der Waals surface area contributed by atoms with Crippen molar-refractivity contribution in [3.8, 4) is 5.75 Å². The van der Waals surface area contributed by atoms with E-state index in [0.29, 0.717) is 5.56 Å². The van der Waals surface area contributed by atoms with E-state index >= 15 is 0 Å². The summed E-state index contributed by atoms with van der Waals surface area (Å²) in [5.74, 6) is -0.142. The Balaban J connectivity index is 2.60. The number of hydrogen-bond donors (Lipinski definition) is 1. The van der Waals surface area contributed by atoms with Crippen LogP contribution in [0.2, 0.25) is 0 Å². The second-order valence-corrected chi connectivity index (χ2v) is 2.82. The SMILES string of the molecule is CC1OC(=O)c2ccc(O)cc21. The lowest BCUT2D eigenvalue weighted by Gasteiger charge is -2.01. The molecule has 3 heteroatoms. The largest absolute Gasteiger partial charge is 0.508 e. The summed E-state index contributed by atoms with van der Waals surface area (Å²) >= 11 is 0. The van der Waals surface area contributed by atoms with Crippen LogP contribution >= 0.6 is 0 Å². The Morgan fingerprint density at radius 3 is 3.00 bits per heavy atom. The van der Waals surface area contributed by atoms with E-state index in [1.807, 2.05) is 0 Å². The van der Waals surface area contributed by atoms with Crippen molar-refractivity contribution in [2.45, 2.75) is 13.0 Å². The van der Waals surface area contributed by atoms with Gasteiger partial charge in [0, 0.05) is 5.56 Å². The minimum absolute atomic E-state index is 0.166. The fraction of sp³-hybridized carbons (Fsp3) is 0.222. The summed E-state index contributed by atoms with van der Waals surface area (Å²) in [4.78, 5) is 11.1. The van der Waals surface area contributed by atoms with Gasteiger partial charge in [0.25, 0.3) is 0 Å². The third-order valence-electron chi connectivity index (χ3n) is 1.98. The van der Waals surface area contributed by atoms with Gasteiger partial charge in [0.05, 0.1) is 5.56 Å². The Labute approximate surface area is 69.6 Å². The van der Waals surface area contributed by atoms with E-state index in [0.717, 1.165) is 5.56 Å². The van der Waals surface area contributed by atoms with E-state index in [2.05, 4.69) is 0 Å². The van der Waals surface area contributed by atoms with Crippen LogP contribution in [-0.4, -0.2) is 11.1 Å². The number of hydrogen-bond acceptors (Lipinski definition) is 3. The molecule has 0 saturated heterocycles. The lowest BCUT2D eigenvalue weighted by atomic mass is 10.1. The Bertz CT molecular complexity index is 344. The number of carbonyl (C=O) groups is 1. The molecule has 0 fully saturated rings. The van der Waals surface area contributed by atoms with E-state index in [-0.39, 0.29) is 17.8 Å². The van der Waals surface area contributed by atoms with Crippen molar-refractivity contribution in [3.05, 3.63) is 29.3 Å². The van der Waals surface area contributed by atoms with Gasteiger partial charge in [-0.3, -0.25) is 0 Å². The lowest BCUT2D eigenvalue weighted by Crippen LogP contribution is -1.93. The average Bonchev–Trinajstić information content (AvgIpc) is 2.28. The zero-order chi connectivity index (χ0) is 8.72. The molecule has 1 aliphatic heterocycles. The zero-order valence-electron chi connectivity index (χ0n) is 6.57. The third-order valence-corrected chi connectivity index (χ3v) is 1.98. The van der Waals surface area contributed by atoms with E-state index in [1.165, 1.54) is 6.07 Å². The lowest BCUT2D eigenvalue weighted by molar-refractivity contribution is 0.0421. The molecule has 0 radical (unpaired) electrons. The number of phenols is 1. The number of phenolic OH excluding ortho intramolecular Hbond substituents is 1. The summed E-state index contributed by atoms with van der Waals surface area (Å²) in [6.07, 6.45) is -0.236. The van der Waals surface area contributed by atoms with Gasteiger partial charge in [0.1, 0.15) is 11.9 Å². The summed E-state index contributed by atoms with van der Waals surface area (Å²) in [5, 5.41) is 9.13. The monoisotopic (exact) mass is 164 g/mol. The Kier molecular flexibility index (Phi) is 1.33. The highest BCUT2D eigenvalue weighted by Crippen LogP contribution is 2.32. The fourth-order valence-corrected chi connectivity index (χ4v) is 1.36. The molecule has 0 amide bonds. The second-order valence-electron chi connectivity index (χ2n) is 2.82. The van der Waals surface area contributed by atoms with Crippen molar-refractivity contribution in [1.82, 2.24) is 0 Å². The van der Waals surface area contributed by atoms with Crippen LogP contribution in [0, 0.1) is 0 Å². The van der Waals surface area contributed by atoms with Gasteiger partial charge in [0.2, 0.25) is 0 Å². The van der Waals surface area contributed by atoms with Gasteiger partial charge in [-0.15, -0.1) is 0 Å².